The highest BCUT2D eigenvalue weighted by Crippen LogP contribution is 2.40. The zero-order valence-electron chi connectivity index (χ0n) is 17.4. The van der Waals surface area contributed by atoms with Gasteiger partial charge in [0.25, 0.3) is 0 Å². The van der Waals surface area contributed by atoms with E-state index < -0.39 is 29.9 Å². The highest BCUT2D eigenvalue weighted by atomic mass is 19.4. The van der Waals surface area contributed by atoms with Crippen LogP contribution in [-0.2, 0) is 12.1 Å². The van der Waals surface area contributed by atoms with Crippen molar-refractivity contribution in [1.82, 2.24) is 20.0 Å². The van der Waals surface area contributed by atoms with Crippen molar-refractivity contribution in [2.75, 3.05) is 0 Å². The molecule has 0 saturated heterocycles. The molecule has 4 aromatic rings. The number of halogens is 3. The van der Waals surface area contributed by atoms with Crippen LogP contribution in [0.1, 0.15) is 35.1 Å². The van der Waals surface area contributed by atoms with Gasteiger partial charge in [0.05, 0.1) is 18.3 Å². The minimum Gasteiger partial charge on any atom is -0.477 e. The Morgan fingerprint density at radius 3 is 2.45 bits per heavy atom. The van der Waals surface area contributed by atoms with E-state index in [4.69, 9.17) is 0 Å². The van der Waals surface area contributed by atoms with Crippen LogP contribution < -0.4 is 0 Å². The molecule has 2 heterocycles. The van der Waals surface area contributed by atoms with E-state index in [1.165, 1.54) is 17.7 Å². The van der Waals surface area contributed by atoms with Crippen molar-refractivity contribution >= 4 is 16.9 Å². The summed E-state index contributed by atoms with van der Waals surface area (Å²) in [6.07, 6.45) is -4.44. The minimum absolute atomic E-state index is 0.0558. The third-order valence-electron chi connectivity index (χ3n) is 5.47. The van der Waals surface area contributed by atoms with Gasteiger partial charge in [-0.2, -0.15) is 13.2 Å². The fourth-order valence-corrected chi connectivity index (χ4v) is 3.62. The maximum atomic E-state index is 13.3. The van der Waals surface area contributed by atoms with E-state index in [-0.39, 0.29) is 12.2 Å². The number of alkyl halides is 3. The maximum Gasteiger partial charge on any atom is 0.423 e. The number of hydrogen-bond acceptors (Lipinski definition) is 5. The summed E-state index contributed by atoms with van der Waals surface area (Å²) in [5.41, 5.74) is -1.22. The van der Waals surface area contributed by atoms with Crippen molar-refractivity contribution in [2.45, 2.75) is 31.7 Å². The molecule has 0 aliphatic rings. The zero-order valence-corrected chi connectivity index (χ0v) is 17.4. The van der Waals surface area contributed by atoms with Gasteiger partial charge in [-0.05, 0) is 35.2 Å². The Morgan fingerprint density at radius 2 is 1.82 bits per heavy atom. The molecule has 0 aliphatic carbocycles. The number of fused-ring (bicyclic) bond motifs is 1. The highest BCUT2D eigenvalue weighted by molar-refractivity contribution is 5.99. The number of carboxylic acids is 1. The number of aromatic carboxylic acids is 1. The van der Waals surface area contributed by atoms with E-state index in [9.17, 15) is 28.2 Å². The second kappa shape index (κ2) is 8.28. The summed E-state index contributed by atoms with van der Waals surface area (Å²) >= 11 is 0. The molecule has 0 spiro atoms. The van der Waals surface area contributed by atoms with Crippen LogP contribution in [0.25, 0.3) is 22.0 Å². The number of benzene rings is 2. The summed E-state index contributed by atoms with van der Waals surface area (Å²) < 4.78 is 41.1. The lowest BCUT2D eigenvalue weighted by atomic mass is 9.96. The van der Waals surface area contributed by atoms with Crippen molar-refractivity contribution in [3.63, 3.8) is 0 Å². The van der Waals surface area contributed by atoms with Gasteiger partial charge in [0.2, 0.25) is 5.60 Å². The summed E-state index contributed by atoms with van der Waals surface area (Å²) in [4.78, 5) is 15.8. The molecule has 0 amide bonds. The van der Waals surface area contributed by atoms with Crippen LogP contribution in [0.15, 0.2) is 60.8 Å². The van der Waals surface area contributed by atoms with Gasteiger partial charge < -0.3 is 10.2 Å². The van der Waals surface area contributed by atoms with E-state index in [0.717, 1.165) is 17.1 Å². The van der Waals surface area contributed by atoms with Crippen molar-refractivity contribution in [3.8, 4) is 11.1 Å². The Morgan fingerprint density at radius 1 is 1.09 bits per heavy atom. The summed E-state index contributed by atoms with van der Waals surface area (Å²) in [5, 5.41) is 27.5. The third-order valence-corrected chi connectivity index (χ3v) is 5.47. The number of carboxylic acid groups (broad SMARTS) is 1. The number of pyridine rings is 1. The summed E-state index contributed by atoms with van der Waals surface area (Å²) in [6.45, 7) is 1.27. The van der Waals surface area contributed by atoms with Crippen molar-refractivity contribution < 1.29 is 28.2 Å². The van der Waals surface area contributed by atoms with Crippen LogP contribution in [0.2, 0.25) is 0 Å². The first-order valence-corrected chi connectivity index (χ1v) is 10.0. The Balaban J connectivity index is 1.72. The number of hydrogen-bond donors (Lipinski definition) is 2. The van der Waals surface area contributed by atoms with E-state index in [0.29, 0.717) is 16.6 Å². The number of aliphatic hydroxyl groups is 1. The van der Waals surface area contributed by atoms with Crippen molar-refractivity contribution in [2.24, 2.45) is 0 Å². The van der Waals surface area contributed by atoms with Crippen LogP contribution in [0.5, 0.6) is 0 Å². The van der Waals surface area contributed by atoms with Gasteiger partial charge in [0.15, 0.2) is 0 Å². The van der Waals surface area contributed by atoms with Gasteiger partial charge in [0.1, 0.15) is 11.4 Å². The smallest absolute Gasteiger partial charge is 0.423 e. The second-order valence-corrected chi connectivity index (χ2v) is 7.59. The molecule has 170 valence electrons. The fourth-order valence-electron chi connectivity index (χ4n) is 3.62. The zero-order chi connectivity index (χ0) is 23.8. The molecular weight excluding hydrogens is 437 g/mol. The summed E-state index contributed by atoms with van der Waals surface area (Å²) in [5.74, 6) is -1.17. The number of rotatable bonds is 6. The van der Waals surface area contributed by atoms with Crippen molar-refractivity contribution in [1.29, 1.82) is 0 Å². The molecule has 10 heteroatoms. The van der Waals surface area contributed by atoms with Crippen LogP contribution in [-0.4, -0.2) is 42.3 Å². The van der Waals surface area contributed by atoms with E-state index in [1.54, 1.807) is 18.2 Å². The molecule has 2 aromatic carbocycles. The molecule has 0 saturated carbocycles. The first-order valence-electron chi connectivity index (χ1n) is 10.0. The minimum atomic E-state index is -4.89. The molecule has 2 N–H and O–H groups in total. The predicted octanol–water partition coefficient (Wildman–Crippen LogP) is 4.40. The molecular formula is C23H19F3N4O3. The summed E-state index contributed by atoms with van der Waals surface area (Å²) in [7, 11) is 0. The van der Waals surface area contributed by atoms with Crippen LogP contribution >= 0.6 is 0 Å². The van der Waals surface area contributed by atoms with Gasteiger partial charge in [-0.3, -0.25) is 0 Å². The normalized spacial score (nSPS) is 13.7. The first kappa shape index (κ1) is 22.4. The van der Waals surface area contributed by atoms with Gasteiger partial charge >= 0.3 is 12.1 Å². The van der Waals surface area contributed by atoms with E-state index in [2.05, 4.69) is 15.3 Å². The Bertz CT molecular complexity index is 1320. The lowest BCUT2D eigenvalue weighted by Crippen LogP contribution is -2.42. The molecule has 0 fully saturated rings. The molecule has 0 unspecified atom stereocenters. The second-order valence-electron chi connectivity index (χ2n) is 7.59. The van der Waals surface area contributed by atoms with Gasteiger partial charge in [-0.1, -0.05) is 54.6 Å². The maximum absolute atomic E-state index is 13.3. The number of aromatic nitrogens is 4. The van der Waals surface area contributed by atoms with E-state index in [1.807, 2.05) is 30.3 Å². The van der Waals surface area contributed by atoms with Gasteiger partial charge in [-0.25, -0.2) is 14.5 Å². The van der Waals surface area contributed by atoms with Gasteiger partial charge in [0, 0.05) is 5.39 Å². The molecule has 0 bridgehead atoms. The van der Waals surface area contributed by atoms with E-state index >= 15 is 0 Å². The lowest BCUT2D eigenvalue weighted by molar-refractivity contribution is -0.269. The molecule has 0 radical (unpaired) electrons. The van der Waals surface area contributed by atoms with Crippen LogP contribution in [0, 0.1) is 0 Å². The van der Waals surface area contributed by atoms with Crippen LogP contribution in [0.4, 0.5) is 13.2 Å². The van der Waals surface area contributed by atoms with Crippen molar-refractivity contribution in [3.05, 3.63) is 77.7 Å². The average Bonchev–Trinajstić information content (AvgIpc) is 3.26. The van der Waals surface area contributed by atoms with Crippen LogP contribution in [0.3, 0.4) is 0 Å². The molecule has 33 heavy (non-hydrogen) atoms. The highest BCUT2D eigenvalue weighted by Gasteiger charge is 2.55. The molecule has 0 aliphatic heterocycles. The quantitative estimate of drug-likeness (QED) is 0.446. The first-order chi connectivity index (χ1) is 15.6. The predicted molar refractivity (Wildman–Crippen MR) is 114 cm³/mol. The summed E-state index contributed by atoms with van der Waals surface area (Å²) in [6, 6.07) is 16.0. The molecule has 4 rings (SSSR count). The largest absolute Gasteiger partial charge is 0.477 e. The Labute approximate surface area is 186 Å². The topological polar surface area (TPSA) is 101 Å². The standard InChI is InChI=1S/C23H19F3N4O3/c1-2-22(33,23(24,25)26)20-13-30(29-28-20)12-14-8-9-16-17(15-6-4-3-5-7-15)11-19(21(31)32)27-18(16)10-14/h3-11,13,33H,2,12H2,1H3,(H,31,32)/t22-/m0/s1. The molecule has 1 atom stereocenters. The number of nitrogens with zero attached hydrogens (tertiary/aromatic N) is 4. The SMILES string of the molecule is CC[C@](O)(c1cn(Cc2ccc3c(-c4ccccc4)cc(C(=O)O)nc3c2)nn1)C(F)(F)F. The van der Waals surface area contributed by atoms with Gasteiger partial charge in [-0.15, -0.1) is 5.10 Å². The average molecular weight is 456 g/mol. The molecule has 7 nitrogen and oxygen atoms in total. The third kappa shape index (κ3) is 4.17. The lowest BCUT2D eigenvalue weighted by Gasteiger charge is -2.26. The Hall–Kier alpha value is -3.79. The number of carbonyl (C=O) groups is 1. The Kier molecular flexibility index (Phi) is 5.62. The monoisotopic (exact) mass is 456 g/mol. The molecule has 2 aromatic heterocycles. The fraction of sp³-hybridized carbons (Fsp3) is 0.217.